The highest BCUT2D eigenvalue weighted by molar-refractivity contribution is 5.48. The Kier molecular flexibility index (Phi) is 6.08. The zero-order valence-corrected chi connectivity index (χ0v) is 15.3. The van der Waals surface area contributed by atoms with Crippen molar-refractivity contribution in [2.45, 2.75) is 19.1 Å². The molecule has 8 heteroatoms. The molecule has 0 atom stereocenters. The summed E-state index contributed by atoms with van der Waals surface area (Å²) in [6.45, 7) is 1.13. The number of halogens is 3. The van der Waals surface area contributed by atoms with Crippen LogP contribution in [0.2, 0.25) is 0 Å². The predicted molar refractivity (Wildman–Crippen MR) is 102 cm³/mol. The van der Waals surface area contributed by atoms with Gasteiger partial charge in [0.05, 0.1) is 5.56 Å². The second kappa shape index (κ2) is 8.69. The highest BCUT2D eigenvalue weighted by atomic mass is 19.4. The monoisotopic (exact) mass is 387 g/mol. The van der Waals surface area contributed by atoms with E-state index in [1.165, 1.54) is 6.07 Å². The van der Waals surface area contributed by atoms with E-state index < -0.39 is 11.7 Å². The van der Waals surface area contributed by atoms with Crippen LogP contribution >= 0.6 is 0 Å². The molecule has 1 N–H and O–H groups in total. The number of pyridine rings is 3. The summed E-state index contributed by atoms with van der Waals surface area (Å²) in [7, 11) is 1.95. The summed E-state index contributed by atoms with van der Waals surface area (Å²) in [5.41, 5.74) is 1.15. The van der Waals surface area contributed by atoms with Crippen LogP contribution < -0.4 is 10.2 Å². The van der Waals surface area contributed by atoms with Gasteiger partial charge in [0, 0.05) is 56.4 Å². The van der Waals surface area contributed by atoms with Crippen molar-refractivity contribution in [3.8, 4) is 0 Å². The molecule has 146 valence electrons. The molecule has 0 aliphatic rings. The minimum absolute atomic E-state index is 0.374. The third-order valence-electron chi connectivity index (χ3n) is 4.21. The molecule has 0 aliphatic heterocycles. The van der Waals surface area contributed by atoms with E-state index in [1.807, 2.05) is 42.3 Å². The first-order valence-electron chi connectivity index (χ1n) is 8.75. The van der Waals surface area contributed by atoms with Gasteiger partial charge in [0.25, 0.3) is 0 Å². The number of rotatable bonds is 7. The molecule has 3 heterocycles. The minimum atomic E-state index is -4.39. The number of likely N-dealkylation sites (N-methyl/N-ethyl adjacent to an activating group) is 1. The van der Waals surface area contributed by atoms with Crippen molar-refractivity contribution >= 4 is 11.6 Å². The van der Waals surface area contributed by atoms with Gasteiger partial charge in [-0.25, -0.2) is 9.97 Å². The fourth-order valence-corrected chi connectivity index (χ4v) is 2.70. The topological polar surface area (TPSA) is 53.9 Å². The van der Waals surface area contributed by atoms with E-state index in [-0.39, 0.29) is 0 Å². The van der Waals surface area contributed by atoms with Crippen LogP contribution in [-0.4, -0.2) is 28.5 Å². The van der Waals surface area contributed by atoms with Crippen molar-refractivity contribution in [1.29, 1.82) is 0 Å². The number of nitrogens with zero attached hydrogens (tertiary/aromatic N) is 4. The van der Waals surface area contributed by atoms with Crippen molar-refractivity contribution in [3.63, 3.8) is 0 Å². The summed E-state index contributed by atoms with van der Waals surface area (Å²) in [5, 5.41) is 3.05. The molecule has 0 aliphatic carbocycles. The van der Waals surface area contributed by atoms with E-state index in [1.54, 1.807) is 12.4 Å². The fraction of sp³-hybridized carbons (Fsp3) is 0.250. The van der Waals surface area contributed by atoms with E-state index in [2.05, 4.69) is 20.3 Å². The molecular weight excluding hydrogens is 367 g/mol. The third kappa shape index (κ3) is 5.18. The Morgan fingerprint density at radius 3 is 2.46 bits per heavy atom. The van der Waals surface area contributed by atoms with Gasteiger partial charge >= 0.3 is 6.18 Å². The summed E-state index contributed by atoms with van der Waals surface area (Å²) in [4.78, 5) is 14.6. The number of alkyl halides is 3. The van der Waals surface area contributed by atoms with Crippen molar-refractivity contribution < 1.29 is 13.2 Å². The molecule has 5 nitrogen and oxygen atoms in total. The average molecular weight is 387 g/mol. The second-order valence-corrected chi connectivity index (χ2v) is 6.26. The molecule has 0 radical (unpaired) electrons. The van der Waals surface area contributed by atoms with Crippen LogP contribution in [-0.2, 0) is 19.1 Å². The van der Waals surface area contributed by atoms with Crippen LogP contribution in [0.3, 0.4) is 0 Å². The first kappa shape index (κ1) is 19.6. The number of nitrogens with one attached hydrogen (secondary N) is 1. The summed E-state index contributed by atoms with van der Waals surface area (Å²) >= 11 is 0. The van der Waals surface area contributed by atoms with Gasteiger partial charge in [-0.1, -0.05) is 12.1 Å². The maximum absolute atomic E-state index is 12.6. The van der Waals surface area contributed by atoms with Gasteiger partial charge in [-0.3, -0.25) is 4.98 Å². The quantitative estimate of drug-likeness (QED) is 0.659. The van der Waals surface area contributed by atoms with E-state index in [4.69, 9.17) is 0 Å². The van der Waals surface area contributed by atoms with Gasteiger partial charge in [0.15, 0.2) is 0 Å². The summed E-state index contributed by atoms with van der Waals surface area (Å²) < 4.78 is 37.9. The zero-order chi connectivity index (χ0) is 20.0. The molecule has 0 amide bonds. The van der Waals surface area contributed by atoms with Gasteiger partial charge in [-0.2, -0.15) is 13.2 Å². The lowest BCUT2D eigenvalue weighted by molar-refractivity contribution is -0.137. The highest BCUT2D eigenvalue weighted by Gasteiger charge is 2.30. The van der Waals surface area contributed by atoms with Gasteiger partial charge < -0.3 is 10.2 Å². The Labute approximate surface area is 161 Å². The largest absolute Gasteiger partial charge is 0.417 e. The molecule has 28 heavy (non-hydrogen) atoms. The molecule has 3 rings (SSSR count). The Morgan fingerprint density at radius 1 is 0.964 bits per heavy atom. The first-order valence-corrected chi connectivity index (χ1v) is 8.75. The minimum Gasteiger partial charge on any atom is -0.366 e. The van der Waals surface area contributed by atoms with Gasteiger partial charge in [0.1, 0.15) is 11.6 Å². The Balaban J connectivity index is 1.63. The molecular formula is C20H20F3N5. The molecule has 0 aromatic carbocycles. The predicted octanol–water partition coefficient (Wildman–Crippen LogP) is 4.18. The van der Waals surface area contributed by atoms with Crippen molar-refractivity contribution in [3.05, 3.63) is 77.9 Å². The van der Waals surface area contributed by atoms with Gasteiger partial charge in [-0.15, -0.1) is 0 Å². The number of anilines is 2. The molecule has 0 spiro atoms. The zero-order valence-electron chi connectivity index (χ0n) is 15.3. The van der Waals surface area contributed by atoms with Crippen LogP contribution in [0.4, 0.5) is 24.8 Å². The highest BCUT2D eigenvalue weighted by Crippen LogP contribution is 2.29. The standard InChI is InChI=1S/C20H20F3N5/c1-28(12-9-17-6-2-3-10-24-17)19-15(5-4-11-25-19)13-26-18-8-7-16(14-27-18)20(21,22)23/h2-8,10-11,14H,9,12-13H2,1H3,(H,26,27). The molecule has 0 saturated carbocycles. The summed E-state index contributed by atoms with van der Waals surface area (Å²) in [6, 6.07) is 11.9. The summed E-state index contributed by atoms with van der Waals surface area (Å²) in [5.74, 6) is 1.18. The Hall–Kier alpha value is -3.16. The van der Waals surface area contributed by atoms with Crippen LogP contribution in [0.5, 0.6) is 0 Å². The van der Waals surface area contributed by atoms with E-state index in [0.717, 1.165) is 42.3 Å². The first-order chi connectivity index (χ1) is 13.4. The SMILES string of the molecule is CN(CCc1ccccn1)c1ncccc1CNc1ccc(C(F)(F)F)cn1. The normalized spacial score (nSPS) is 11.3. The number of aromatic nitrogens is 3. The number of hydrogen-bond donors (Lipinski definition) is 1. The molecule has 0 saturated heterocycles. The lowest BCUT2D eigenvalue weighted by atomic mass is 10.2. The van der Waals surface area contributed by atoms with Crippen molar-refractivity contribution in [2.24, 2.45) is 0 Å². The maximum Gasteiger partial charge on any atom is 0.417 e. The molecule has 0 unspecified atom stereocenters. The van der Waals surface area contributed by atoms with E-state index >= 15 is 0 Å². The second-order valence-electron chi connectivity index (χ2n) is 6.26. The van der Waals surface area contributed by atoms with Crippen molar-refractivity contribution in [1.82, 2.24) is 15.0 Å². The van der Waals surface area contributed by atoms with E-state index in [9.17, 15) is 13.2 Å². The van der Waals surface area contributed by atoms with E-state index in [0.29, 0.717) is 12.4 Å². The van der Waals surface area contributed by atoms with Gasteiger partial charge in [-0.05, 0) is 30.3 Å². The van der Waals surface area contributed by atoms with Crippen molar-refractivity contribution in [2.75, 3.05) is 23.8 Å². The third-order valence-corrected chi connectivity index (χ3v) is 4.21. The molecule has 3 aromatic rings. The van der Waals surface area contributed by atoms with Gasteiger partial charge in [0.2, 0.25) is 0 Å². The smallest absolute Gasteiger partial charge is 0.366 e. The number of hydrogen-bond acceptors (Lipinski definition) is 5. The fourth-order valence-electron chi connectivity index (χ4n) is 2.70. The van der Waals surface area contributed by atoms with Crippen LogP contribution in [0.1, 0.15) is 16.8 Å². The Morgan fingerprint density at radius 2 is 1.79 bits per heavy atom. The lowest BCUT2D eigenvalue weighted by Gasteiger charge is -2.21. The molecule has 0 bridgehead atoms. The molecule has 3 aromatic heterocycles. The summed E-state index contributed by atoms with van der Waals surface area (Å²) in [6.07, 6.45) is 0.695. The van der Waals surface area contributed by atoms with Crippen LogP contribution in [0.15, 0.2) is 61.1 Å². The average Bonchev–Trinajstić information content (AvgIpc) is 2.71. The lowest BCUT2D eigenvalue weighted by Crippen LogP contribution is -2.23. The van der Waals surface area contributed by atoms with Crippen LogP contribution in [0, 0.1) is 0 Å². The van der Waals surface area contributed by atoms with Crippen LogP contribution in [0.25, 0.3) is 0 Å². The Bertz CT molecular complexity index is 882. The maximum atomic E-state index is 12.6. The molecule has 0 fully saturated rings.